The van der Waals surface area contributed by atoms with Crippen molar-refractivity contribution in [2.75, 3.05) is 46.0 Å². The Bertz CT molecular complexity index is 832. The molecule has 2 saturated heterocycles. The minimum atomic E-state index is -0.429. The summed E-state index contributed by atoms with van der Waals surface area (Å²) in [4.78, 5) is 17.2. The van der Waals surface area contributed by atoms with Gasteiger partial charge in [0, 0.05) is 37.8 Å². The molecule has 8 heteroatoms. The Hall–Kier alpha value is -2.42. The first kappa shape index (κ1) is 20.8. The molecule has 1 aromatic heterocycles. The van der Waals surface area contributed by atoms with Gasteiger partial charge in [-0.05, 0) is 50.1 Å². The van der Waals surface area contributed by atoms with E-state index in [4.69, 9.17) is 9.47 Å². The number of nitrogens with zero attached hydrogens (tertiary/aromatic N) is 3. The minimum Gasteiger partial charge on any atom is -0.494 e. The van der Waals surface area contributed by atoms with Crippen molar-refractivity contribution in [3.63, 3.8) is 0 Å². The third-order valence-corrected chi connectivity index (χ3v) is 5.90. The van der Waals surface area contributed by atoms with Gasteiger partial charge in [-0.2, -0.15) is 5.10 Å². The standard InChI is InChI=1S/C22H30N4O4/c1-2-30-17-5-3-16(4-6-17)18-15-19(24-23-18)22(28)26-9-7-20(21(27)8-10-26)25-11-13-29-14-12-25/h3-6,15,20-21,27H,2,7-14H2,1H3,(H,23,24)/t20-,21-/m0/s1. The highest BCUT2D eigenvalue weighted by molar-refractivity contribution is 5.93. The maximum Gasteiger partial charge on any atom is 0.271 e. The molecule has 8 nitrogen and oxygen atoms in total. The Labute approximate surface area is 176 Å². The van der Waals surface area contributed by atoms with Crippen LogP contribution in [0.4, 0.5) is 0 Å². The molecule has 30 heavy (non-hydrogen) atoms. The van der Waals surface area contributed by atoms with Crippen LogP contribution in [0.3, 0.4) is 0 Å². The van der Waals surface area contributed by atoms with Crippen molar-refractivity contribution >= 4 is 5.91 Å². The van der Waals surface area contributed by atoms with Gasteiger partial charge < -0.3 is 19.5 Å². The molecule has 2 fully saturated rings. The van der Waals surface area contributed by atoms with Gasteiger partial charge in [0.05, 0.1) is 31.6 Å². The lowest BCUT2D eigenvalue weighted by molar-refractivity contribution is -0.0222. The van der Waals surface area contributed by atoms with E-state index in [1.54, 1.807) is 6.07 Å². The molecule has 4 rings (SSSR count). The Morgan fingerprint density at radius 3 is 2.67 bits per heavy atom. The number of aliphatic hydroxyl groups excluding tert-OH is 1. The van der Waals surface area contributed by atoms with E-state index in [2.05, 4.69) is 15.1 Å². The molecule has 2 aliphatic heterocycles. The van der Waals surface area contributed by atoms with Crippen LogP contribution in [0.2, 0.25) is 0 Å². The molecule has 0 bridgehead atoms. The van der Waals surface area contributed by atoms with Crippen LogP contribution in [0, 0.1) is 0 Å². The van der Waals surface area contributed by atoms with Gasteiger partial charge in [0.1, 0.15) is 11.4 Å². The number of aromatic amines is 1. The van der Waals surface area contributed by atoms with Gasteiger partial charge in [-0.3, -0.25) is 14.8 Å². The average molecular weight is 415 g/mol. The van der Waals surface area contributed by atoms with Gasteiger partial charge in [-0.25, -0.2) is 0 Å². The van der Waals surface area contributed by atoms with Crippen molar-refractivity contribution in [1.29, 1.82) is 0 Å². The van der Waals surface area contributed by atoms with E-state index in [1.807, 2.05) is 36.1 Å². The number of H-pyrrole nitrogens is 1. The third-order valence-electron chi connectivity index (χ3n) is 5.90. The minimum absolute atomic E-state index is 0.0745. The van der Waals surface area contributed by atoms with Crippen molar-refractivity contribution in [3.05, 3.63) is 36.0 Å². The summed E-state index contributed by atoms with van der Waals surface area (Å²) in [5.74, 6) is 0.737. The van der Waals surface area contributed by atoms with E-state index in [9.17, 15) is 9.90 Å². The highest BCUT2D eigenvalue weighted by atomic mass is 16.5. The number of carbonyl (C=O) groups excluding carboxylic acids is 1. The van der Waals surface area contributed by atoms with E-state index >= 15 is 0 Å². The molecule has 0 radical (unpaired) electrons. The predicted octanol–water partition coefficient (Wildman–Crippen LogP) is 1.77. The lowest BCUT2D eigenvalue weighted by Crippen LogP contribution is -2.49. The molecule has 1 amide bonds. The summed E-state index contributed by atoms with van der Waals surface area (Å²) >= 11 is 0. The number of ether oxygens (including phenoxy) is 2. The summed E-state index contributed by atoms with van der Waals surface area (Å²) < 4.78 is 10.9. The smallest absolute Gasteiger partial charge is 0.271 e. The average Bonchev–Trinajstić information content (AvgIpc) is 3.19. The Balaban J connectivity index is 1.41. The number of nitrogens with one attached hydrogen (secondary N) is 1. The van der Waals surface area contributed by atoms with Crippen molar-refractivity contribution in [1.82, 2.24) is 20.0 Å². The third kappa shape index (κ3) is 4.66. The largest absolute Gasteiger partial charge is 0.494 e. The lowest BCUT2D eigenvalue weighted by atomic mass is 10.0. The first-order chi connectivity index (χ1) is 14.7. The normalized spacial score (nSPS) is 23.2. The SMILES string of the molecule is CCOc1ccc(-c2cc(C(=O)N3CC[C@H](O)[C@@H](N4CCOCC4)CC3)[nH]n2)cc1. The molecule has 2 N–H and O–H groups in total. The number of likely N-dealkylation sites (tertiary alicyclic amines) is 1. The van der Waals surface area contributed by atoms with Crippen LogP contribution in [0.1, 0.15) is 30.3 Å². The molecule has 2 aliphatic rings. The van der Waals surface area contributed by atoms with E-state index < -0.39 is 6.10 Å². The number of benzene rings is 1. The van der Waals surface area contributed by atoms with Crippen molar-refractivity contribution in [2.24, 2.45) is 0 Å². The molecular formula is C22H30N4O4. The number of carbonyl (C=O) groups is 1. The molecule has 0 unspecified atom stereocenters. The number of aromatic nitrogens is 2. The highest BCUT2D eigenvalue weighted by Crippen LogP contribution is 2.23. The number of amides is 1. The first-order valence-corrected chi connectivity index (χ1v) is 10.7. The summed E-state index contributed by atoms with van der Waals surface area (Å²) in [5.41, 5.74) is 2.12. The Kier molecular flexibility index (Phi) is 6.66. The quantitative estimate of drug-likeness (QED) is 0.775. The Morgan fingerprint density at radius 1 is 1.20 bits per heavy atom. The van der Waals surface area contributed by atoms with Crippen LogP contribution in [-0.2, 0) is 4.74 Å². The molecule has 2 atom stereocenters. The predicted molar refractivity (Wildman–Crippen MR) is 113 cm³/mol. The van der Waals surface area contributed by atoms with E-state index in [0.29, 0.717) is 45.0 Å². The summed E-state index contributed by atoms with van der Waals surface area (Å²) in [5, 5.41) is 17.8. The lowest BCUT2D eigenvalue weighted by Gasteiger charge is -2.36. The summed E-state index contributed by atoms with van der Waals surface area (Å²) in [7, 11) is 0. The topological polar surface area (TPSA) is 90.9 Å². The zero-order valence-electron chi connectivity index (χ0n) is 17.4. The molecular weight excluding hydrogens is 384 g/mol. The van der Waals surface area contributed by atoms with E-state index in [-0.39, 0.29) is 11.9 Å². The zero-order valence-corrected chi connectivity index (χ0v) is 17.4. The van der Waals surface area contributed by atoms with Crippen LogP contribution >= 0.6 is 0 Å². The van der Waals surface area contributed by atoms with Crippen LogP contribution in [0.25, 0.3) is 11.3 Å². The van der Waals surface area contributed by atoms with Gasteiger partial charge in [-0.15, -0.1) is 0 Å². The zero-order chi connectivity index (χ0) is 20.9. The van der Waals surface area contributed by atoms with Gasteiger partial charge >= 0.3 is 0 Å². The molecule has 2 aromatic rings. The fourth-order valence-corrected chi connectivity index (χ4v) is 4.25. The number of aliphatic hydroxyl groups is 1. The number of hydrogen-bond donors (Lipinski definition) is 2. The summed E-state index contributed by atoms with van der Waals surface area (Å²) in [6.45, 7) is 6.81. The molecule has 1 aromatic carbocycles. The van der Waals surface area contributed by atoms with E-state index in [0.717, 1.165) is 36.5 Å². The Morgan fingerprint density at radius 2 is 1.93 bits per heavy atom. The summed E-state index contributed by atoms with van der Waals surface area (Å²) in [6, 6.07) is 9.54. The second-order valence-electron chi connectivity index (χ2n) is 7.78. The second kappa shape index (κ2) is 9.59. The van der Waals surface area contributed by atoms with Crippen molar-refractivity contribution in [3.8, 4) is 17.0 Å². The molecule has 162 valence electrons. The fraction of sp³-hybridized carbons (Fsp3) is 0.545. The van der Waals surface area contributed by atoms with Crippen LogP contribution in [0.5, 0.6) is 5.75 Å². The van der Waals surface area contributed by atoms with E-state index in [1.165, 1.54) is 0 Å². The van der Waals surface area contributed by atoms with Crippen LogP contribution < -0.4 is 4.74 Å². The molecule has 3 heterocycles. The highest BCUT2D eigenvalue weighted by Gasteiger charge is 2.32. The van der Waals surface area contributed by atoms with Gasteiger partial charge in [0.25, 0.3) is 5.91 Å². The van der Waals surface area contributed by atoms with Gasteiger partial charge in [-0.1, -0.05) is 0 Å². The molecule has 0 spiro atoms. The molecule has 0 saturated carbocycles. The monoisotopic (exact) mass is 414 g/mol. The molecule has 0 aliphatic carbocycles. The van der Waals surface area contributed by atoms with Crippen molar-refractivity contribution in [2.45, 2.75) is 31.9 Å². The number of rotatable bonds is 5. The van der Waals surface area contributed by atoms with Gasteiger partial charge in [0.15, 0.2) is 0 Å². The van der Waals surface area contributed by atoms with Crippen molar-refractivity contribution < 1.29 is 19.4 Å². The number of morpholine rings is 1. The number of hydrogen-bond acceptors (Lipinski definition) is 6. The summed E-state index contributed by atoms with van der Waals surface area (Å²) in [6.07, 6.45) is 0.905. The maximum absolute atomic E-state index is 13.0. The van der Waals surface area contributed by atoms with Crippen LogP contribution in [-0.4, -0.2) is 89.2 Å². The fourth-order valence-electron chi connectivity index (χ4n) is 4.25. The second-order valence-corrected chi connectivity index (χ2v) is 7.78. The first-order valence-electron chi connectivity index (χ1n) is 10.7. The van der Waals surface area contributed by atoms with Crippen LogP contribution in [0.15, 0.2) is 30.3 Å². The van der Waals surface area contributed by atoms with Gasteiger partial charge in [0.2, 0.25) is 0 Å². The maximum atomic E-state index is 13.0.